The van der Waals surface area contributed by atoms with Crippen LogP contribution < -0.4 is 0 Å². The Morgan fingerprint density at radius 3 is 2.54 bits per heavy atom. The molecule has 13 heavy (non-hydrogen) atoms. The van der Waals surface area contributed by atoms with Gasteiger partial charge in [-0.1, -0.05) is 26.1 Å². The van der Waals surface area contributed by atoms with Gasteiger partial charge in [0, 0.05) is 6.00 Å². The molecule has 1 rings (SSSR count). The Hall–Kier alpha value is 0.565. The molecule has 1 saturated heterocycles. The molecule has 0 amide bonds. The molecule has 3 unspecified atom stereocenters. The summed E-state index contributed by atoms with van der Waals surface area (Å²) in [5, 5.41) is 0. The molecule has 1 fully saturated rings. The van der Waals surface area contributed by atoms with E-state index in [9.17, 15) is 4.57 Å². The summed E-state index contributed by atoms with van der Waals surface area (Å²) in [6.45, 7) is 4.70. The van der Waals surface area contributed by atoms with E-state index in [-0.39, 0.29) is 12.1 Å². The van der Waals surface area contributed by atoms with Crippen LogP contribution >= 0.6 is 19.5 Å². The molecule has 0 N–H and O–H groups in total. The lowest BCUT2D eigenvalue weighted by Crippen LogP contribution is -2.20. The van der Waals surface area contributed by atoms with Crippen molar-refractivity contribution < 1.29 is 13.8 Å². The highest BCUT2D eigenvalue weighted by atomic mass is 32.7. The normalized spacial score (nSPS) is 42.1. The van der Waals surface area contributed by atoms with Crippen LogP contribution in [0.2, 0.25) is 0 Å². The Morgan fingerprint density at radius 2 is 2.15 bits per heavy atom. The zero-order chi connectivity index (χ0) is 10.0. The monoisotopic (exact) mass is 222 g/mol. The maximum absolute atomic E-state index is 10.6. The van der Waals surface area contributed by atoms with Gasteiger partial charge in [-0.2, -0.15) is 0 Å². The third kappa shape index (κ3) is 3.02. The molecular formula is C7H16BO3PS. The molecule has 0 aromatic rings. The highest BCUT2D eigenvalue weighted by molar-refractivity contribution is 8.39. The van der Waals surface area contributed by atoms with Gasteiger partial charge >= 0.3 is 0 Å². The average Bonchev–Trinajstić information content (AvgIpc) is 2.29. The van der Waals surface area contributed by atoms with Gasteiger partial charge < -0.3 is 9.26 Å². The number of thiol groups is 1. The van der Waals surface area contributed by atoms with Crippen LogP contribution in [-0.4, -0.2) is 26.6 Å². The molecule has 1 aliphatic rings. The van der Waals surface area contributed by atoms with Gasteiger partial charge in [0.05, 0.1) is 12.7 Å². The molecule has 0 saturated carbocycles. The van der Waals surface area contributed by atoms with Crippen molar-refractivity contribution in [1.29, 1.82) is 0 Å². The summed E-state index contributed by atoms with van der Waals surface area (Å²) < 4.78 is 21.3. The second-order valence-corrected chi connectivity index (χ2v) is 5.59. The van der Waals surface area contributed by atoms with Crippen LogP contribution in [0, 0.1) is 11.8 Å². The highest BCUT2D eigenvalue weighted by Gasteiger charge is 2.36. The fraction of sp³-hybridized carbons (Fsp3) is 1.00. The van der Waals surface area contributed by atoms with Gasteiger partial charge in [0.15, 0.2) is 0 Å². The predicted octanol–water partition coefficient (Wildman–Crippen LogP) is 0.953. The first-order valence-electron chi connectivity index (χ1n) is 4.53. The zero-order valence-electron chi connectivity index (χ0n) is 8.19. The van der Waals surface area contributed by atoms with E-state index in [2.05, 4.69) is 33.9 Å². The minimum absolute atomic E-state index is 0.0751. The van der Waals surface area contributed by atoms with E-state index in [1.54, 1.807) is 0 Å². The second kappa shape index (κ2) is 4.88. The predicted molar refractivity (Wildman–Crippen MR) is 59.5 cm³/mol. The number of ether oxygens (including phenoxy) is 1. The van der Waals surface area contributed by atoms with Crippen molar-refractivity contribution in [3.8, 4) is 0 Å². The average molecular weight is 222 g/mol. The van der Waals surface area contributed by atoms with Gasteiger partial charge in [0.25, 0.3) is 0 Å². The van der Waals surface area contributed by atoms with Crippen LogP contribution in [0.1, 0.15) is 13.8 Å². The molecule has 6 heteroatoms. The van der Waals surface area contributed by atoms with Crippen molar-refractivity contribution in [3.05, 3.63) is 0 Å². The molecule has 5 atom stereocenters. The number of hydrogen-bond acceptors (Lipinski definition) is 3. The quantitative estimate of drug-likeness (QED) is 0.438. The standard InChI is InChI=1S/C7H16BO3PS/c1-4-5(2)7(8)11-6(4)3-10-12(9)13/h4-7,12H,3,8H2,1-2H3,(H,9,13)/t4?,5?,6-,7-/m1/s1. The molecule has 0 spiro atoms. The maximum Gasteiger partial charge on any atom is 0.243 e. The molecule has 1 heterocycles. The summed E-state index contributed by atoms with van der Waals surface area (Å²) >= 11 is 3.71. The molecule has 0 aliphatic carbocycles. The molecule has 1 aliphatic heterocycles. The Labute approximate surface area is 86.0 Å². The topological polar surface area (TPSA) is 35.5 Å². The minimum atomic E-state index is -2.12. The summed E-state index contributed by atoms with van der Waals surface area (Å²) in [5.41, 5.74) is 0. The van der Waals surface area contributed by atoms with Gasteiger partial charge in [-0.25, -0.2) is 0 Å². The van der Waals surface area contributed by atoms with E-state index in [1.165, 1.54) is 0 Å². The van der Waals surface area contributed by atoms with Crippen LogP contribution in [0.4, 0.5) is 0 Å². The van der Waals surface area contributed by atoms with E-state index in [0.717, 1.165) is 0 Å². The van der Waals surface area contributed by atoms with Gasteiger partial charge in [-0.05, 0) is 11.8 Å². The molecule has 76 valence electrons. The lowest BCUT2D eigenvalue weighted by atomic mass is 9.82. The number of rotatable bonds is 3. The highest BCUT2D eigenvalue weighted by Crippen LogP contribution is 2.34. The fourth-order valence-corrected chi connectivity index (χ4v) is 2.16. The third-order valence-electron chi connectivity index (χ3n) is 2.92. The Morgan fingerprint density at radius 1 is 1.54 bits per heavy atom. The molecule has 0 bridgehead atoms. The summed E-state index contributed by atoms with van der Waals surface area (Å²) in [5.74, 6) is 1.00. The molecule has 0 aromatic carbocycles. The molecular weight excluding hydrogens is 206 g/mol. The van der Waals surface area contributed by atoms with E-state index in [4.69, 9.17) is 9.26 Å². The first-order chi connectivity index (χ1) is 6.02. The van der Waals surface area contributed by atoms with Gasteiger partial charge in [0.2, 0.25) is 7.23 Å². The van der Waals surface area contributed by atoms with Crippen molar-refractivity contribution >= 4 is 27.3 Å². The molecule has 0 radical (unpaired) electrons. The third-order valence-corrected chi connectivity index (χ3v) is 3.72. The fourth-order valence-electron chi connectivity index (χ4n) is 1.63. The van der Waals surface area contributed by atoms with E-state index >= 15 is 0 Å². The summed E-state index contributed by atoms with van der Waals surface area (Å²) in [4.78, 5) is 0. The smallest absolute Gasteiger partial charge is 0.243 e. The lowest BCUT2D eigenvalue weighted by Gasteiger charge is -2.15. The van der Waals surface area contributed by atoms with Crippen LogP contribution in [0.3, 0.4) is 0 Å². The largest absolute Gasteiger partial charge is 0.381 e. The van der Waals surface area contributed by atoms with E-state index in [1.807, 2.05) is 0 Å². The first kappa shape index (κ1) is 11.6. The molecule has 3 nitrogen and oxygen atoms in total. The van der Waals surface area contributed by atoms with Crippen molar-refractivity contribution in [2.75, 3.05) is 6.61 Å². The van der Waals surface area contributed by atoms with E-state index in [0.29, 0.717) is 18.4 Å². The maximum atomic E-state index is 10.6. The van der Waals surface area contributed by atoms with Crippen molar-refractivity contribution in [1.82, 2.24) is 0 Å². The Bertz CT molecular complexity index is 204. The second-order valence-electron chi connectivity index (χ2n) is 3.67. The van der Waals surface area contributed by atoms with Crippen molar-refractivity contribution in [2.24, 2.45) is 11.8 Å². The Kier molecular flexibility index (Phi) is 4.37. The van der Waals surface area contributed by atoms with E-state index < -0.39 is 7.23 Å². The lowest BCUT2D eigenvalue weighted by molar-refractivity contribution is 0.0395. The number of hydrogen-bond donors (Lipinski definition) is 1. The summed E-state index contributed by atoms with van der Waals surface area (Å²) in [7, 11) is -0.0546. The first-order valence-corrected chi connectivity index (χ1v) is 7.14. The van der Waals surface area contributed by atoms with Crippen molar-refractivity contribution in [2.45, 2.75) is 26.0 Å². The minimum Gasteiger partial charge on any atom is -0.381 e. The van der Waals surface area contributed by atoms with Gasteiger partial charge in [-0.15, -0.1) is 0 Å². The zero-order valence-corrected chi connectivity index (χ0v) is 10.1. The van der Waals surface area contributed by atoms with Crippen LogP contribution in [-0.2, 0) is 13.8 Å². The summed E-state index contributed by atoms with van der Waals surface area (Å²) in [6.07, 6.45) is 0.0751. The van der Waals surface area contributed by atoms with Crippen LogP contribution in [0.15, 0.2) is 0 Å². The van der Waals surface area contributed by atoms with Crippen LogP contribution in [0.5, 0.6) is 0 Å². The van der Waals surface area contributed by atoms with Crippen LogP contribution in [0.25, 0.3) is 0 Å². The van der Waals surface area contributed by atoms with Gasteiger partial charge in [-0.3, -0.25) is 4.57 Å². The Balaban J connectivity index is 2.40. The van der Waals surface area contributed by atoms with Gasteiger partial charge in [0.1, 0.15) is 7.85 Å². The molecule has 0 aromatic heterocycles. The SMILES string of the molecule is B[C@@H]1O[C@H](CO[PH](=O)S)C(C)C1C. The van der Waals surface area contributed by atoms with Crippen molar-refractivity contribution in [3.63, 3.8) is 0 Å². The summed E-state index contributed by atoms with van der Waals surface area (Å²) in [6, 6.07) is 0.269.